The van der Waals surface area contributed by atoms with Crippen molar-refractivity contribution in [3.05, 3.63) is 0 Å². The minimum atomic E-state index is 0. The van der Waals surface area contributed by atoms with Gasteiger partial charge in [0.2, 0.25) is 0 Å². The summed E-state index contributed by atoms with van der Waals surface area (Å²) in [4.78, 5) is 0. The first kappa shape index (κ1) is 11.2. The average Bonchev–Trinajstić information content (AvgIpc) is 2.15. The van der Waals surface area contributed by atoms with Crippen molar-refractivity contribution in [2.24, 2.45) is 5.73 Å². The van der Waals surface area contributed by atoms with Crippen molar-refractivity contribution in [1.29, 1.82) is 0 Å². The summed E-state index contributed by atoms with van der Waals surface area (Å²) < 4.78 is 2.75. The molecule has 0 aromatic heterocycles. The Morgan fingerprint density at radius 2 is 2.00 bits per heavy atom. The standard InChI is InChI=1S/C5H10N2S2.Na.H/c6-5(8)9-7-3-1-2-4-7;;/h1-4H2,(H2,6,8);;/q;+1;-1. The molecule has 54 valence electrons. The van der Waals surface area contributed by atoms with E-state index in [9.17, 15) is 0 Å². The molecule has 0 bridgehead atoms. The normalized spacial score (nSPS) is 18.4. The van der Waals surface area contributed by atoms with E-state index in [0.717, 1.165) is 13.1 Å². The van der Waals surface area contributed by atoms with E-state index in [1.165, 1.54) is 24.8 Å². The summed E-state index contributed by atoms with van der Waals surface area (Å²) in [5.74, 6) is 0. The van der Waals surface area contributed by atoms with E-state index in [4.69, 9.17) is 18.0 Å². The number of hydrogen-bond donors (Lipinski definition) is 1. The van der Waals surface area contributed by atoms with Crippen molar-refractivity contribution in [2.45, 2.75) is 12.8 Å². The maximum atomic E-state index is 5.32. The third-order valence-corrected chi connectivity index (χ3v) is 2.31. The van der Waals surface area contributed by atoms with Gasteiger partial charge in [-0.15, -0.1) is 0 Å². The third-order valence-electron chi connectivity index (χ3n) is 1.28. The molecule has 0 atom stereocenters. The van der Waals surface area contributed by atoms with Gasteiger partial charge in [-0.1, -0.05) is 12.2 Å². The fourth-order valence-corrected chi connectivity index (χ4v) is 1.92. The molecule has 0 spiro atoms. The first-order valence-electron chi connectivity index (χ1n) is 3.01. The first-order valence-corrected chi connectivity index (χ1v) is 4.19. The van der Waals surface area contributed by atoms with Crippen molar-refractivity contribution in [2.75, 3.05) is 13.1 Å². The summed E-state index contributed by atoms with van der Waals surface area (Å²) in [5, 5.41) is 0. The molecule has 0 radical (unpaired) electrons. The Morgan fingerprint density at radius 1 is 1.50 bits per heavy atom. The molecular formula is C5H11N2NaS2. The molecule has 1 heterocycles. The maximum Gasteiger partial charge on any atom is 1.00 e. The maximum absolute atomic E-state index is 5.32. The van der Waals surface area contributed by atoms with Crippen LogP contribution >= 0.6 is 24.2 Å². The van der Waals surface area contributed by atoms with E-state index >= 15 is 0 Å². The van der Waals surface area contributed by atoms with Crippen molar-refractivity contribution in [1.82, 2.24) is 4.31 Å². The second kappa shape index (κ2) is 5.80. The number of rotatable bonds is 1. The van der Waals surface area contributed by atoms with Gasteiger partial charge in [0.05, 0.1) is 0 Å². The molecule has 2 nitrogen and oxygen atoms in total. The summed E-state index contributed by atoms with van der Waals surface area (Å²) in [5.41, 5.74) is 5.32. The van der Waals surface area contributed by atoms with Crippen molar-refractivity contribution in [3.8, 4) is 0 Å². The molecule has 5 heteroatoms. The predicted octanol–water partition coefficient (Wildman–Crippen LogP) is -1.91. The van der Waals surface area contributed by atoms with Gasteiger partial charge < -0.3 is 7.16 Å². The van der Waals surface area contributed by atoms with Gasteiger partial charge in [-0.2, -0.15) is 0 Å². The quantitative estimate of drug-likeness (QED) is 0.294. The Morgan fingerprint density at radius 3 is 2.40 bits per heavy atom. The summed E-state index contributed by atoms with van der Waals surface area (Å²) >= 11 is 6.24. The Balaban J connectivity index is 0. The van der Waals surface area contributed by atoms with Crippen LogP contribution in [0.25, 0.3) is 0 Å². The molecular weight excluding hydrogens is 175 g/mol. The van der Waals surface area contributed by atoms with E-state index in [1.807, 2.05) is 0 Å². The second-order valence-corrected chi connectivity index (χ2v) is 3.88. The summed E-state index contributed by atoms with van der Waals surface area (Å²) in [6.07, 6.45) is 2.57. The molecule has 0 unspecified atom stereocenters. The van der Waals surface area contributed by atoms with E-state index in [-0.39, 0.29) is 31.0 Å². The zero-order valence-electron chi connectivity index (χ0n) is 7.17. The molecule has 1 rings (SSSR count). The monoisotopic (exact) mass is 186 g/mol. The molecule has 0 aliphatic carbocycles. The Hall–Kier alpha value is 1.20. The van der Waals surface area contributed by atoms with Crippen LogP contribution in [-0.2, 0) is 0 Å². The number of nitrogens with two attached hydrogens (primary N) is 1. The topological polar surface area (TPSA) is 29.3 Å². The third kappa shape index (κ3) is 4.16. The van der Waals surface area contributed by atoms with E-state index in [2.05, 4.69) is 4.31 Å². The minimum absolute atomic E-state index is 0. The molecule has 0 aromatic rings. The predicted molar refractivity (Wildman–Crippen MR) is 46.3 cm³/mol. The summed E-state index contributed by atoms with van der Waals surface area (Å²) in [7, 11) is 0. The van der Waals surface area contributed by atoms with Crippen molar-refractivity contribution < 1.29 is 31.0 Å². The molecule has 0 amide bonds. The van der Waals surface area contributed by atoms with Crippen LogP contribution in [0.2, 0.25) is 0 Å². The molecule has 1 fully saturated rings. The van der Waals surface area contributed by atoms with Gasteiger partial charge in [0.25, 0.3) is 0 Å². The average molecular weight is 186 g/mol. The molecule has 0 aromatic carbocycles. The smallest absolute Gasteiger partial charge is 1.00 e. The van der Waals surface area contributed by atoms with Crippen molar-refractivity contribution >= 4 is 28.5 Å². The van der Waals surface area contributed by atoms with Crippen LogP contribution < -0.4 is 35.3 Å². The number of thiocarbonyl (C=S) groups is 1. The molecule has 10 heavy (non-hydrogen) atoms. The van der Waals surface area contributed by atoms with Gasteiger partial charge in [-0.3, -0.25) is 0 Å². The molecule has 1 aliphatic heterocycles. The Labute approximate surface area is 94.8 Å². The first-order chi connectivity index (χ1) is 4.29. The van der Waals surface area contributed by atoms with Crippen molar-refractivity contribution in [3.63, 3.8) is 0 Å². The van der Waals surface area contributed by atoms with Gasteiger partial charge in [-0.25, -0.2) is 4.31 Å². The Bertz CT molecular complexity index is 119. The van der Waals surface area contributed by atoms with Gasteiger partial charge in [0.1, 0.15) is 4.32 Å². The van der Waals surface area contributed by atoms with Gasteiger partial charge >= 0.3 is 29.6 Å². The van der Waals surface area contributed by atoms with E-state index < -0.39 is 0 Å². The number of nitrogens with zero attached hydrogens (tertiary/aromatic N) is 1. The van der Waals surface area contributed by atoms with Crippen LogP contribution in [0, 0.1) is 0 Å². The van der Waals surface area contributed by atoms with Crippen LogP contribution in [0.4, 0.5) is 0 Å². The second-order valence-electron chi connectivity index (χ2n) is 2.05. The van der Waals surface area contributed by atoms with Gasteiger partial charge in [0, 0.05) is 13.1 Å². The zero-order chi connectivity index (χ0) is 6.69. The minimum Gasteiger partial charge on any atom is -1.00 e. The fraction of sp³-hybridized carbons (Fsp3) is 0.800. The fourth-order valence-electron chi connectivity index (χ4n) is 0.907. The molecule has 2 N–H and O–H groups in total. The van der Waals surface area contributed by atoms with Crippen LogP contribution in [0.1, 0.15) is 14.3 Å². The summed E-state index contributed by atoms with van der Waals surface area (Å²) in [6.45, 7) is 2.28. The van der Waals surface area contributed by atoms with Crippen LogP contribution in [-0.4, -0.2) is 21.7 Å². The van der Waals surface area contributed by atoms with Gasteiger partial charge in [0.15, 0.2) is 0 Å². The number of hydrogen-bond acceptors (Lipinski definition) is 3. The van der Waals surface area contributed by atoms with Crippen LogP contribution in [0.3, 0.4) is 0 Å². The summed E-state index contributed by atoms with van der Waals surface area (Å²) in [6, 6.07) is 0. The Kier molecular flexibility index (Phi) is 6.50. The van der Waals surface area contributed by atoms with Crippen LogP contribution in [0.5, 0.6) is 0 Å². The zero-order valence-corrected chi connectivity index (χ0v) is 9.80. The van der Waals surface area contributed by atoms with E-state index in [0.29, 0.717) is 4.32 Å². The van der Waals surface area contributed by atoms with Gasteiger partial charge in [-0.05, 0) is 24.8 Å². The molecule has 1 saturated heterocycles. The largest absolute Gasteiger partial charge is 1.00 e. The van der Waals surface area contributed by atoms with Crippen LogP contribution in [0.15, 0.2) is 0 Å². The molecule has 1 aliphatic rings. The van der Waals surface area contributed by atoms with E-state index in [1.54, 1.807) is 0 Å². The molecule has 0 saturated carbocycles. The SMILES string of the molecule is NC(=S)SN1CCCC1.[H-].[Na+].